The fourth-order valence-corrected chi connectivity index (χ4v) is 4.00. The molecule has 0 radical (unpaired) electrons. The molecule has 1 atom stereocenters. The molecular formula is C23H17N3O5S. The number of carbonyl (C=O) groups is 3. The molecule has 160 valence electrons. The third-order valence-corrected chi connectivity index (χ3v) is 5.66. The zero-order chi connectivity index (χ0) is 22.5. The van der Waals surface area contributed by atoms with Crippen LogP contribution in [0.15, 0.2) is 76.9 Å². The molecule has 9 heteroatoms. The molecule has 1 saturated heterocycles. The number of hydrogen-bond acceptors (Lipinski definition) is 7. The van der Waals surface area contributed by atoms with Gasteiger partial charge in [0.2, 0.25) is 5.91 Å². The lowest BCUT2D eigenvalue weighted by molar-refractivity contribution is -0.138. The maximum absolute atomic E-state index is 12.6. The van der Waals surface area contributed by atoms with Crippen molar-refractivity contribution >= 4 is 51.8 Å². The average Bonchev–Trinajstić information content (AvgIpc) is 3.12. The van der Waals surface area contributed by atoms with Crippen LogP contribution in [0.5, 0.6) is 5.75 Å². The van der Waals surface area contributed by atoms with Crippen molar-refractivity contribution in [2.45, 2.75) is 11.7 Å². The van der Waals surface area contributed by atoms with Crippen LogP contribution >= 0.6 is 11.8 Å². The highest BCUT2D eigenvalue weighted by molar-refractivity contribution is 8.15. The Bertz CT molecular complexity index is 1250. The van der Waals surface area contributed by atoms with Crippen LogP contribution in [0.2, 0.25) is 0 Å². The molecule has 1 heterocycles. The van der Waals surface area contributed by atoms with E-state index in [2.05, 4.69) is 15.5 Å². The zero-order valence-electron chi connectivity index (χ0n) is 16.6. The summed E-state index contributed by atoms with van der Waals surface area (Å²) in [7, 11) is 0. The molecule has 3 aromatic rings. The Kier molecular flexibility index (Phi) is 6.27. The van der Waals surface area contributed by atoms with Crippen LogP contribution in [-0.4, -0.2) is 39.6 Å². The van der Waals surface area contributed by atoms with Gasteiger partial charge in [0, 0.05) is 0 Å². The quantitative estimate of drug-likeness (QED) is 0.259. The number of carbonyl (C=O) groups excluding carboxylic acids is 2. The summed E-state index contributed by atoms with van der Waals surface area (Å²) in [6, 6.07) is 19.8. The molecule has 1 amide bonds. The van der Waals surface area contributed by atoms with E-state index in [0.29, 0.717) is 16.9 Å². The zero-order valence-corrected chi connectivity index (χ0v) is 17.4. The van der Waals surface area contributed by atoms with E-state index in [0.717, 1.165) is 22.5 Å². The largest absolute Gasteiger partial charge is 0.481 e. The number of ether oxygens (including phenoxy) is 1. The molecule has 4 rings (SSSR count). The Balaban J connectivity index is 1.39. The number of carboxylic acids is 1. The molecule has 1 unspecified atom stereocenters. The molecule has 1 fully saturated rings. The van der Waals surface area contributed by atoms with E-state index in [1.807, 2.05) is 36.4 Å². The van der Waals surface area contributed by atoms with Gasteiger partial charge in [-0.05, 0) is 46.7 Å². The van der Waals surface area contributed by atoms with E-state index in [1.54, 1.807) is 30.3 Å². The molecule has 0 saturated carbocycles. The molecule has 0 aromatic heterocycles. The summed E-state index contributed by atoms with van der Waals surface area (Å²) in [6.07, 6.45) is 1.19. The standard InChI is InChI=1S/C23H17N3O5S/c27-20(28)12-19-21(29)25-23(32-19)26-24-13-14-8-10-16(11-9-14)31-22(30)18-7-3-5-15-4-1-2-6-17(15)18/h1-11,13,19H,12H2,(H,27,28)(H,25,26,29)/b24-13+. The first-order valence-corrected chi connectivity index (χ1v) is 10.5. The van der Waals surface area contributed by atoms with Crippen molar-refractivity contribution in [3.05, 3.63) is 77.9 Å². The first-order valence-electron chi connectivity index (χ1n) is 9.60. The monoisotopic (exact) mass is 447 g/mol. The van der Waals surface area contributed by atoms with Crippen molar-refractivity contribution in [1.82, 2.24) is 5.32 Å². The van der Waals surface area contributed by atoms with Crippen LogP contribution < -0.4 is 10.1 Å². The van der Waals surface area contributed by atoms with E-state index in [4.69, 9.17) is 9.84 Å². The Morgan fingerprint density at radius 3 is 2.59 bits per heavy atom. The molecule has 1 aliphatic rings. The van der Waals surface area contributed by atoms with Gasteiger partial charge in [0.05, 0.1) is 18.2 Å². The lowest BCUT2D eigenvalue weighted by Gasteiger charge is -2.07. The summed E-state index contributed by atoms with van der Waals surface area (Å²) in [5, 5.41) is 20.4. The number of thioether (sulfide) groups is 1. The molecular weight excluding hydrogens is 430 g/mol. The second-order valence-electron chi connectivity index (χ2n) is 6.83. The van der Waals surface area contributed by atoms with Gasteiger partial charge >= 0.3 is 11.9 Å². The maximum Gasteiger partial charge on any atom is 0.344 e. The lowest BCUT2D eigenvalue weighted by Crippen LogP contribution is -2.26. The van der Waals surface area contributed by atoms with Crippen LogP contribution in [0.25, 0.3) is 10.8 Å². The fraction of sp³-hybridized carbons (Fsp3) is 0.0870. The smallest absolute Gasteiger partial charge is 0.344 e. The third-order valence-electron chi connectivity index (χ3n) is 4.59. The Hall–Kier alpha value is -3.98. The number of amides is 1. The summed E-state index contributed by atoms with van der Waals surface area (Å²) in [5.74, 6) is -1.51. The normalized spacial score (nSPS) is 17.1. The fourth-order valence-electron chi connectivity index (χ4n) is 3.08. The Morgan fingerprint density at radius 2 is 1.81 bits per heavy atom. The molecule has 0 bridgehead atoms. The number of aliphatic carboxylic acids is 1. The van der Waals surface area contributed by atoms with E-state index in [9.17, 15) is 14.4 Å². The van der Waals surface area contributed by atoms with Crippen LogP contribution in [0.1, 0.15) is 22.3 Å². The van der Waals surface area contributed by atoms with Gasteiger partial charge in [-0.1, -0.05) is 48.2 Å². The van der Waals surface area contributed by atoms with E-state index in [1.165, 1.54) is 6.21 Å². The van der Waals surface area contributed by atoms with E-state index in [-0.39, 0.29) is 11.6 Å². The number of carboxylic acid groups (broad SMARTS) is 1. The van der Waals surface area contributed by atoms with Gasteiger partial charge in [-0.3, -0.25) is 9.59 Å². The summed E-state index contributed by atoms with van der Waals surface area (Å²) in [6.45, 7) is 0. The number of benzene rings is 3. The molecule has 32 heavy (non-hydrogen) atoms. The van der Waals surface area contributed by atoms with Crippen LogP contribution in [0.4, 0.5) is 0 Å². The number of esters is 1. The van der Waals surface area contributed by atoms with E-state index < -0.39 is 23.1 Å². The third kappa shape index (κ3) is 5.01. The molecule has 1 aliphatic heterocycles. The predicted octanol–water partition coefficient (Wildman–Crippen LogP) is 3.46. The number of amidine groups is 1. The first kappa shape index (κ1) is 21.3. The number of fused-ring (bicyclic) bond motifs is 1. The van der Waals surface area contributed by atoms with Gasteiger partial charge in [0.15, 0.2) is 5.17 Å². The van der Waals surface area contributed by atoms with Crippen molar-refractivity contribution in [3.63, 3.8) is 0 Å². The Morgan fingerprint density at radius 1 is 1.06 bits per heavy atom. The number of rotatable bonds is 6. The highest BCUT2D eigenvalue weighted by Crippen LogP contribution is 2.23. The van der Waals surface area contributed by atoms with Gasteiger partial charge in [-0.15, -0.1) is 5.10 Å². The summed E-state index contributed by atoms with van der Waals surface area (Å²) in [4.78, 5) is 35.0. The maximum atomic E-state index is 12.6. The van der Waals surface area contributed by atoms with Gasteiger partial charge in [0.25, 0.3) is 0 Å². The molecule has 0 aliphatic carbocycles. The topological polar surface area (TPSA) is 117 Å². The second kappa shape index (κ2) is 9.44. The summed E-state index contributed by atoms with van der Waals surface area (Å²) >= 11 is 1.03. The number of nitrogens with zero attached hydrogens (tertiary/aromatic N) is 2. The minimum Gasteiger partial charge on any atom is -0.481 e. The van der Waals surface area contributed by atoms with Crippen molar-refractivity contribution in [2.24, 2.45) is 10.2 Å². The number of hydrogen-bond donors (Lipinski definition) is 2. The highest BCUT2D eigenvalue weighted by Gasteiger charge is 2.32. The van der Waals surface area contributed by atoms with Crippen molar-refractivity contribution < 1.29 is 24.2 Å². The van der Waals surface area contributed by atoms with Gasteiger partial charge in [0.1, 0.15) is 11.0 Å². The van der Waals surface area contributed by atoms with Crippen molar-refractivity contribution in [2.75, 3.05) is 0 Å². The predicted molar refractivity (Wildman–Crippen MR) is 122 cm³/mol. The first-order chi connectivity index (χ1) is 15.5. The number of nitrogens with one attached hydrogen (secondary N) is 1. The summed E-state index contributed by atoms with van der Waals surface area (Å²) in [5.41, 5.74) is 1.19. The molecule has 2 N–H and O–H groups in total. The lowest BCUT2D eigenvalue weighted by atomic mass is 10.0. The van der Waals surface area contributed by atoms with Gasteiger partial charge < -0.3 is 15.2 Å². The van der Waals surface area contributed by atoms with Gasteiger partial charge in [-0.25, -0.2) is 4.79 Å². The molecule has 3 aromatic carbocycles. The van der Waals surface area contributed by atoms with E-state index >= 15 is 0 Å². The van der Waals surface area contributed by atoms with Crippen LogP contribution in [0, 0.1) is 0 Å². The van der Waals surface area contributed by atoms with Crippen LogP contribution in [-0.2, 0) is 9.59 Å². The highest BCUT2D eigenvalue weighted by atomic mass is 32.2. The Labute approximate surface area is 187 Å². The SMILES string of the molecule is O=C(O)CC1S/C(=N/N=C/c2ccc(OC(=O)c3cccc4ccccc34)cc2)NC1=O. The van der Waals surface area contributed by atoms with Crippen molar-refractivity contribution in [3.8, 4) is 5.75 Å². The van der Waals surface area contributed by atoms with Crippen molar-refractivity contribution in [1.29, 1.82) is 0 Å². The summed E-state index contributed by atoms with van der Waals surface area (Å²) < 4.78 is 5.49. The average molecular weight is 447 g/mol. The minimum absolute atomic E-state index is 0.248. The molecule has 0 spiro atoms. The minimum atomic E-state index is -1.05. The second-order valence-corrected chi connectivity index (χ2v) is 8.02. The van der Waals surface area contributed by atoms with Crippen LogP contribution in [0.3, 0.4) is 0 Å². The van der Waals surface area contributed by atoms with Gasteiger partial charge in [-0.2, -0.15) is 5.10 Å². The molecule has 8 nitrogen and oxygen atoms in total.